The molecule has 1 amide bonds. The molecular formula is C27H25N11O3. The molecule has 0 spiro atoms. The van der Waals surface area contributed by atoms with Gasteiger partial charge in [0.25, 0.3) is 11.8 Å². The van der Waals surface area contributed by atoms with E-state index in [2.05, 4.69) is 41.1 Å². The third-order valence-corrected chi connectivity index (χ3v) is 6.75. The van der Waals surface area contributed by atoms with Crippen LogP contribution in [0.3, 0.4) is 0 Å². The van der Waals surface area contributed by atoms with Crippen LogP contribution in [-0.4, -0.2) is 77.3 Å². The Morgan fingerprint density at radius 2 is 1.80 bits per heavy atom. The van der Waals surface area contributed by atoms with Gasteiger partial charge in [-0.05, 0) is 6.07 Å². The van der Waals surface area contributed by atoms with E-state index in [9.17, 15) is 4.79 Å². The van der Waals surface area contributed by atoms with Gasteiger partial charge in [-0.1, -0.05) is 53.6 Å². The van der Waals surface area contributed by atoms with E-state index in [4.69, 9.17) is 19.1 Å². The fourth-order valence-electron chi connectivity index (χ4n) is 4.74. The van der Waals surface area contributed by atoms with Crippen LogP contribution in [0.5, 0.6) is 0 Å². The molecule has 1 atom stereocenters. The van der Waals surface area contributed by atoms with Crippen molar-refractivity contribution in [2.45, 2.75) is 6.17 Å². The standard InChI is InChI=1S/C27H25N11O3/c39-24-22(32-21(17-6-2-1-3-7-17)18-8-4-5-9-20(18)31-24)33-27-36-35-25(41-27)19-14-29-26(38-16-28-15-30-38)34-23(19)37-10-12-40-13-11-37/h1-9,14-15,22H,10-13,16H2,(H,28,30)(H,31,39)(H,33,36)/t22-/m1/s1. The molecule has 3 aliphatic rings. The molecule has 2 aromatic heterocycles. The number of carbonyl (C=O) groups excluding carboxylic acids is 1. The number of benzodiazepines with no additional fused rings is 1. The zero-order valence-electron chi connectivity index (χ0n) is 21.8. The number of fused-ring (bicyclic) bond motifs is 1. The van der Waals surface area contributed by atoms with Crippen LogP contribution in [0.1, 0.15) is 11.1 Å². The number of benzene rings is 2. The maximum Gasteiger partial charge on any atom is 0.317 e. The first-order valence-corrected chi connectivity index (χ1v) is 13.1. The summed E-state index contributed by atoms with van der Waals surface area (Å²) >= 11 is 0. The molecule has 0 unspecified atom stereocenters. The summed E-state index contributed by atoms with van der Waals surface area (Å²) in [5.41, 5.74) is 6.58. The molecule has 0 radical (unpaired) electrons. The van der Waals surface area contributed by atoms with Crippen LogP contribution >= 0.6 is 0 Å². The van der Waals surface area contributed by atoms with Crippen LogP contribution in [0, 0.1) is 0 Å². The van der Waals surface area contributed by atoms with E-state index in [1.807, 2.05) is 54.6 Å². The average molecular weight is 552 g/mol. The summed E-state index contributed by atoms with van der Waals surface area (Å²) in [6.45, 7) is 2.83. The van der Waals surface area contributed by atoms with Gasteiger partial charge in [0.05, 0.1) is 30.2 Å². The van der Waals surface area contributed by atoms with Gasteiger partial charge in [0, 0.05) is 30.4 Å². The van der Waals surface area contributed by atoms with E-state index in [0.717, 1.165) is 11.1 Å². The second-order valence-electron chi connectivity index (χ2n) is 9.35. The number of aliphatic imine (C=N–C) groups is 2. The lowest BCUT2D eigenvalue weighted by atomic mass is 10.0. The van der Waals surface area contributed by atoms with Crippen LogP contribution in [0.2, 0.25) is 0 Å². The summed E-state index contributed by atoms with van der Waals surface area (Å²) < 4.78 is 11.5. The van der Waals surface area contributed by atoms with Crippen molar-refractivity contribution >= 4 is 41.4 Å². The number of hydrazine groups is 1. The van der Waals surface area contributed by atoms with Gasteiger partial charge in [0.2, 0.25) is 12.1 Å². The van der Waals surface area contributed by atoms with E-state index in [1.165, 1.54) is 0 Å². The zero-order valence-corrected chi connectivity index (χ0v) is 21.8. The van der Waals surface area contributed by atoms with Crippen molar-refractivity contribution in [1.29, 1.82) is 0 Å². The Morgan fingerprint density at radius 1 is 0.976 bits per heavy atom. The highest BCUT2D eigenvalue weighted by Gasteiger charge is 2.28. The second-order valence-corrected chi connectivity index (χ2v) is 9.35. The van der Waals surface area contributed by atoms with Crippen LogP contribution in [-0.2, 0) is 9.53 Å². The van der Waals surface area contributed by atoms with Crippen LogP contribution in [0.25, 0.3) is 11.5 Å². The molecule has 7 rings (SSSR count). The number of nitrogens with zero attached hydrogens (tertiary/aromatic N) is 8. The van der Waals surface area contributed by atoms with Crippen molar-refractivity contribution < 1.29 is 13.9 Å². The van der Waals surface area contributed by atoms with Gasteiger partial charge in [-0.15, -0.1) is 5.10 Å². The lowest BCUT2D eigenvalue weighted by molar-refractivity contribution is -0.116. The Bertz CT molecular complexity index is 1620. The molecule has 0 saturated carbocycles. The Morgan fingerprint density at radius 3 is 2.63 bits per heavy atom. The second kappa shape index (κ2) is 10.7. The number of ether oxygens (including phenoxy) is 1. The highest BCUT2D eigenvalue weighted by Crippen LogP contribution is 2.31. The van der Waals surface area contributed by atoms with Gasteiger partial charge >= 0.3 is 6.01 Å². The van der Waals surface area contributed by atoms with Crippen molar-refractivity contribution in [1.82, 2.24) is 25.6 Å². The fraction of sp³-hybridized carbons (Fsp3) is 0.222. The average Bonchev–Trinajstić information content (AvgIpc) is 3.71. The molecule has 0 bridgehead atoms. The highest BCUT2D eigenvalue weighted by atomic mass is 16.5. The number of amides is 1. The number of morpholine rings is 1. The summed E-state index contributed by atoms with van der Waals surface area (Å²) in [4.78, 5) is 33.5. The SMILES string of the molecule is O=C1Nc2ccccc2C(c2ccccc2)=N[C@@H]1Nc1nnc(-c2cnc(N3CN=CN3)nc2N2CCOCC2)o1. The minimum atomic E-state index is -1.02. The molecule has 3 N–H and O–H groups in total. The Labute approximate surface area is 234 Å². The molecule has 0 aliphatic carbocycles. The number of hydrogen-bond acceptors (Lipinski definition) is 13. The lowest BCUT2D eigenvalue weighted by Crippen LogP contribution is -2.38. The molecule has 3 aliphatic heterocycles. The van der Waals surface area contributed by atoms with Crippen molar-refractivity contribution in [3.05, 3.63) is 71.9 Å². The molecule has 1 saturated heterocycles. The minimum absolute atomic E-state index is 0.0360. The third kappa shape index (κ3) is 4.91. The number of nitrogens with one attached hydrogen (secondary N) is 3. The summed E-state index contributed by atoms with van der Waals surface area (Å²) in [5.74, 6) is 0.943. The van der Waals surface area contributed by atoms with E-state index in [0.29, 0.717) is 61.7 Å². The molecule has 14 heteroatoms. The monoisotopic (exact) mass is 551 g/mol. The van der Waals surface area contributed by atoms with Gasteiger partial charge in [0.15, 0.2) is 0 Å². The predicted octanol–water partition coefficient (Wildman–Crippen LogP) is 1.90. The minimum Gasteiger partial charge on any atom is -0.403 e. The molecule has 4 aromatic rings. The summed E-state index contributed by atoms with van der Waals surface area (Å²) in [5, 5.41) is 16.1. The fourth-order valence-corrected chi connectivity index (χ4v) is 4.74. The highest BCUT2D eigenvalue weighted by molar-refractivity contribution is 6.19. The third-order valence-electron chi connectivity index (χ3n) is 6.75. The van der Waals surface area contributed by atoms with E-state index in [-0.39, 0.29) is 17.8 Å². The quantitative estimate of drug-likeness (QED) is 0.321. The first-order valence-electron chi connectivity index (χ1n) is 13.1. The zero-order chi connectivity index (χ0) is 27.6. The van der Waals surface area contributed by atoms with Gasteiger partial charge < -0.3 is 24.7 Å². The largest absolute Gasteiger partial charge is 0.403 e. The summed E-state index contributed by atoms with van der Waals surface area (Å²) in [7, 11) is 0. The van der Waals surface area contributed by atoms with Gasteiger partial charge in [-0.25, -0.2) is 15.0 Å². The summed E-state index contributed by atoms with van der Waals surface area (Å²) in [6.07, 6.45) is 2.21. The van der Waals surface area contributed by atoms with Gasteiger partial charge in [-0.3, -0.25) is 15.2 Å². The number of anilines is 4. The van der Waals surface area contributed by atoms with E-state index < -0.39 is 6.17 Å². The molecule has 206 valence electrons. The maximum absolute atomic E-state index is 13.2. The topological polar surface area (TPSA) is 158 Å². The molecule has 5 heterocycles. The smallest absolute Gasteiger partial charge is 0.317 e. The van der Waals surface area contributed by atoms with Crippen molar-refractivity contribution in [3.63, 3.8) is 0 Å². The number of carbonyl (C=O) groups is 1. The van der Waals surface area contributed by atoms with Crippen LogP contribution in [0.15, 0.2) is 75.2 Å². The van der Waals surface area contributed by atoms with Crippen LogP contribution in [0.4, 0.5) is 23.5 Å². The number of hydrogen-bond donors (Lipinski definition) is 3. The number of aromatic nitrogens is 4. The Kier molecular flexibility index (Phi) is 6.41. The molecule has 1 fully saturated rings. The molecule has 14 nitrogen and oxygen atoms in total. The molecular weight excluding hydrogens is 526 g/mol. The Hall–Kier alpha value is -5.37. The first-order chi connectivity index (χ1) is 20.2. The molecule has 2 aromatic carbocycles. The van der Waals surface area contributed by atoms with Gasteiger partial charge in [-0.2, -0.15) is 4.98 Å². The maximum atomic E-state index is 13.2. The van der Waals surface area contributed by atoms with Crippen LogP contribution < -0.4 is 26.0 Å². The normalized spacial score (nSPS) is 18.3. The van der Waals surface area contributed by atoms with Gasteiger partial charge in [0.1, 0.15) is 18.8 Å². The van der Waals surface area contributed by atoms with Crippen molar-refractivity contribution in [2.75, 3.05) is 53.5 Å². The predicted molar refractivity (Wildman–Crippen MR) is 152 cm³/mol. The lowest BCUT2D eigenvalue weighted by Gasteiger charge is -2.29. The molecule has 41 heavy (non-hydrogen) atoms. The van der Waals surface area contributed by atoms with E-state index >= 15 is 0 Å². The van der Waals surface area contributed by atoms with Crippen molar-refractivity contribution in [3.8, 4) is 11.5 Å². The first kappa shape index (κ1) is 24.7. The number of rotatable bonds is 6. The Balaban J connectivity index is 1.21. The van der Waals surface area contributed by atoms with Crippen molar-refractivity contribution in [2.24, 2.45) is 9.98 Å². The van der Waals surface area contributed by atoms with E-state index in [1.54, 1.807) is 17.5 Å². The number of para-hydroxylation sites is 1. The summed E-state index contributed by atoms with van der Waals surface area (Å²) in [6, 6.07) is 17.3.